The van der Waals surface area contributed by atoms with Gasteiger partial charge in [0.2, 0.25) is 0 Å². The smallest absolute Gasteiger partial charge is 0.290 e. The summed E-state index contributed by atoms with van der Waals surface area (Å²) >= 11 is 7.01. The van der Waals surface area contributed by atoms with Crippen LogP contribution in [-0.2, 0) is 11.4 Å². The Kier molecular flexibility index (Phi) is 5.31. The Morgan fingerprint density at radius 3 is 2.64 bits per heavy atom. The second kappa shape index (κ2) is 7.63. The lowest BCUT2D eigenvalue weighted by molar-refractivity contribution is -0.115. The molecule has 0 spiro atoms. The molecule has 0 unspecified atom stereocenters. The monoisotopic (exact) mass is 375 g/mol. The number of imide groups is 1. The van der Waals surface area contributed by atoms with Crippen LogP contribution in [0.1, 0.15) is 11.1 Å². The van der Waals surface area contributed by atoms with Crippen LogP contribution in [0.2, 0.25) is 5.02 Å². The number of para-hydroxylation sites is 1. The van der Waals surface area contributed by atoms with Gasteiger partial charge in [-0.1, -0.05) is 41.9 Å². The fourth-order valence-corrected chi connectivity index (χ4v) is 3.15. The normalized spacial score (nSPS) is 15.4. The van der Waals surface area contributed by atoms with Crippen LogP contribution >= 0.6 is 23.4 Å². The highest BCUT2D eigenvalue weighted by Crippen LogP contribution is 2.36. The van der Waals surface area contributed by atoms with Gasteiger partial charge in [-0.15, -0.1) is 0 Å². The van der Waals surface area contributed by atoms with Crippen molar-refractivity contribution in [3.8, 4) is 11.5 Å². The van der Waals surface area contributed by atoms with Crippen molar-refractivity contribution in [2.45, 2.75) is 6.61 Å². The van der Waals surface area contributed by atoms with Crippen LogP contribution in [0.15, 0.2) is 47.4 Å². The van der Waals surface area contributed by atoms with Crippen LogP contribution in [0.3, 0.4) is 0 Å². The molecule has 0 radical (unpaired) electrons. The molecule has 1 heterocycles. The quantitative estimate of drug-likeness (QED) is 0.791. The van der Waals surface area contributed by atoms with E-state index in [4.69, 9.17) is 21.1 Å². The number of amides is 2. The molecule has 1 N–H and O–H groups in total. The van der Waals surface area contributed by atoms with E-state index in [0.717, 1.165) is 17.3 Å². The summed E-state index contributed by atoms with van der Waals surface area (Å²) in [6.45, 7) is 0.245. The van der Waals surface area contributed by atoms with Crippen molar-refractivity contribution in [1.29, 1.82) is 0 Å². The number of benzene rings is 2. The molecule has 2 amide bonds. The molecule has 0 aromatic heterocycles. The molecule has 128 valence electrons. The van der Waals surface area contributed by atoms with E-state index in [2.05, 4.69) is 5.32 Å². The van der Waals surface area contributed by atoms with Crippen molar-refractivity contribution in [2.24, 2.45) is 0 Å². The van der Waals surface area contributed by atoms with Crippen LogP contribution in [0.25, 0.3) is 6.08 Å². The average molecular weight is 376 g/mol. The molecule has 5 nitrogen and oxygen atoms in total. The minimum absolute atomic E-state index is 0.245. The zero-order chi connectivity index (χ0) is 17.8. The highest BCUT2D eigenvalue weighted by molar-refractivity contribution is 8.18. The van der Waals surface area contributed by atoms with Crippen molar-refractivity contribution in [3.63, 3.8) is 0 Å². The Bertz CT molecular complexity index is 866. The van der Waals surface area contributed by atoms with E-state index in [1.165, 1.54) is 7.11 Å². The van der Waals surface area contributed by atoms with Gasteiger partial charge in [0.15, 0.2) is 11.5 Å². The molecule has 0 atom stereocenters. The molecule has 1 aliphatic rings. The lowest BCUT2D eigenvalue weighted by Gasteiger charge is -2.14. The standard InChI is InChI=1S/C18H14ClNO4S/c1-23-14-8-4-6-11(9-15-17(21)20-18(22)25-15)16(14)24-10-12-5-2-3-7-13(12)19/h2-9H,10H2,1H3,(H,20,21,22)/b15-9-. The average Bonchev–Trinajstić information content (AvgIpc) is 2.92. The highest BCUT2D eigenvalue weighted by Gasteiger charge is 2.25. The number of nitrogens with one attached hydrogen (secondary N) is 1. The second-order valence-corrected chi connectivity index (χ2v) is 6.53. The largest absolute Gasteiger partial charge is 0.493 e. The maximum atomic E-state index is 11.8. The van der Waals surface area contributed by atoms with Crippen LogP contribution in [-0.4, -0.2) is 18.3 Å². The first-order valence-corrected chi connectivity index (χ1v) is 8.56. The zero-order valence-electron chi connectivity index (χ0n) is 13.2. The molecular formula is C18H14ClNO4S. The van der Waals surface area contributed by atoms with Crippen molar-refractivity contribution >= 4 is 40.6 Å². The van der Waals surface area contributed by atoms with Gasteiger partial charge >= 0.3 is 0 Å². The molecule has 1 aliphatic heterocycles. The number of carbonyl (C=O) groups is 2. The Labute approximate surface area is 154 Å². The first kappa shape index (κ1) is 17.4. The molecular weight excluding hydrogens is 362 g/mol. The van der Waals surface area contributed by atoms with Crippen LogP contribution in [0, 0.1) is 0 Å². The number of hydrogen-bond acceptors (Lipinski definition) is 5. The Hall–Kier alpha value is -2.44. The summed E-state index contributed by atoms with van der Waals surface area (Å²) in [4.78, 5) is 23.4. The number of carbonyl (C=O) groups excluding carboxylic acids is 2. The van der Waals surface area contributed by atoms with E-state index in [9.17, 15) is 9.59 Å². The zero-order valence-corrected chi connectivity index (χ0v) is 14.8. The molecule has 3 rings (SSSR count). The van der Waals surface area contributed by atoms with E-state index in [1.807, 2.05) is 18.2 Å². The summed E-state index contributed by atoms with van der Waals surface area (Å²) in [7, 11) is 1.54. The minimum atomic E-state index is -0.421. The molecule has 0 saturated carbocycles. The van der Waals surface area contributed by atoms with Gasteiger partial charge in [0.05, 0.1) is 12.0 Å². The SMILES string of the molecule is COc1cccc(/C=C2\SC(=O)NC2=O)c1OCc1ccccc1Cl. The summed E-state index contributed by atoms with van der Waals surface area (Å²) in [6, 6.07) is 12.7. The predicted molar refractivity (Wildman–Crippen MR) is 97.9 cm³/mol. The fourth-order valence-electron chi connectivity index (χ4n) is 2.29. The molecule has 1 fully saturated rings. The van der Waals surface area contributed by atoms with Crippen molar-refractivity contribution in [1.82, 2.24) is 5.32 Å². The van der Waals surface area contributed by atoms with E-state index >= 15 is 0 Å². The maximum Gasteiger partial charge on any atom is 0.290 e. The van der Waals surface area contributed by atoms with Crippen molar-refractivity contribution in [3.05, 3.63) is 63.5 Å². The van der Waals surface area contributed by atoms with Gasteiger partial charge in [0, 0.05) is 16.1 Å². The van der Waals surface area contributed by atoms with E-state index in [-0.39, 0.29) is 6.61 Å². The third-order valence-electron chi connectivity index (χ3n) is 3.49. The Balaban J connectivity index is 1.92. The number of ether oxygens (including phenoxy) is 2. The van der Waals surface area contributed by atoms with E-state index in [0.29, 0.717) is 27.0 Å². The van der Waals surface area contributed by atoms with Gasteiger partial charge in [-0.05, 0) is 30.0 Å². The molecule has 0 bridgehead atoms. The van der Waals surface area contributed by atoms with E-state index in [1.54, 1.807) is 30.3 Å². The summed E-state index contributed by atoms with van der Waals surface area (Å²) in [6.07, 6.45) is 1.61. The number of hydrogen-bond donors (Lipinski definition) is 1. The molecule has 25 heavy (non-hydrogen) atoms. The maximum absolute atomic E-state index is 11.8. The number of methoxy groups -OCH3 is 1. The first-order chi connectivity index (χ1) is 12.1. The summed E-state index contributed by atoms with van der Waals surface area (Å²) < 4.78 is 11.3. The first-order valence-electron chi connectivity index (χ1n) is 7.36. The number of halogens is 1. The summed E-state index contributed by atoms with van der Waals surface area (Å²) in [5, 5.41) is 2.44. The van der Waals surface area contributed by atoms with Gasteiger partial charge in [-0.3, -0.25) is 14.9 Å². The Morgan fingerprint density at radius 2 is 1.96 bits per heavy atom. The molecule has 1 saturated heterocycles. The number of thioether (sulfide) groups is 1. The second-order valence-electron chi connectivity index (χ2n) is 5.11. The predicted octanol–water partition coefficient (Wildman–Crippen LogP) is 4.25. The molecule has 7 heteroatoms. The van der Waals surface area contributed by atoms with Gasteiger partial charge < -0.3 is 9.47 Å². The van der Waals surface area contributed by atoms with Gasteiger partial charge in [0.1, 0.15) is 6.61 Å². The van der Waals surface area contributed by atoms with Crippen LogP contribution in [0.4, 0.5) is 4.79 Å². The summed E-state index contributed by atoms with van der Waals surface area (Å²) in [5.74, 6) is 0.580. The molecule has 2 aromatic rings. The minimum Gasteiger partial charge on any atom is -0.493 e. The van der Waals surface area contributed by atoms with Crippen LogP contribution in [0.5, 0.6) is 11.5 Å². The lowest BCUT2D eigenvalue weighted by atomic mass is 10.1. The van der Waals surface area contributed by atoms with Gasteiger partial charge in [0.25, 0.3) is 11.1 Å². The molecule has 2 aromatic carbocycles. The molecule has 0 aliphatic carbocycles. The Morgan fingerprint density at radius 1 is 1.16 bits per heavy atom. The fraction of sp³-hybridized carbons (Fsp3) is 0.111. The van der Waals surface area contributed by atoms with Gasteiger partial charge in [-0.2, -0.15) is 0 Å². The third-order valence-corrected chi connectivity index (χ3v) is 4.67. The van der Waals surface area contributed by atoms with Crippen molar-refractivity contribution < 1.29 is 19.1 Å². The highest BCUT2D eigenvalue weighted by atomic mass is 35.5. The summed E-state index contributed by atoms with van der Waals surface area (Å²) in [5.41, 5.74) is 1.47. The van der Waals surface area contributed by atoms with Crippen LogP contribution < -0.4 is 14.8 Å². The topological polar surface area (TPSA) is 64.6 Å². The van der Waals surface area contributed by atoms with Gasteiger partial charge in [-0.25, -0.2) is 0 Å². The lowest BCUT2D eigenvalue weighted by Crippen LogP contribution is -2.17. The van der Waals surface area contributed by atoms with Crippen molar-refractivity contribution in [2.75, 3.05) is 7.11 Å². The number of rotatable bonds is 5. The third kappa shape index (κ3) is 3.97. The van der Waals surface area contributed by atoms with E-state index < -0.39 is 11.1 Å².